The fourth-order valence-corrected chi connectivity index (χ4v) is 2.82. The molecule has 0 atom stereocenters. The Balaban J connectivity index is 1.62. The van der Waals surface area contributed by atoms with E-state index in [9.17, 15) is 22.8 Å². The highest BCUT2D eigenvalue weighted by Crippen LogP contribution is 2.33. The molecule has 0 aliphatic carbocycles. The van der Waals surface area contributed by atoms with Crippen molar-refractivity contribution in [3.63, 3.8) is 0 Å². The summed E-state index contributed by atoms with van der Waals surface area (Å²) in [6.07, 6.45) is -3.11. The van der Waals surface area contributed by atoms with Gasteiger partial charge in [0.2, 0.25) is 0 Å². The third kappa shape index (κ3) is 6.61. The molecule has 1 aromatic heterocycles. The lowest BCUT2D eigenvalue weighted by Gasteiger charge is -2.13. The van der Waals surface area contributed by atoms with Crippen LogP contribution in [0.5, 0.6) is 11.5 Å². The quantitative estimate of drug-likeness (QED) is 0.403. The fourth-order valence-electron chi connectivity index (χ4n) is 2.82. The van der Waals surface area contributed by atoms with Gasteiger partial charge in [-0.1, -0.05) is 6.07 Å². The number of carbonyl (C=O) groups is 2. The molecular formula is C23H20F3N5O3. The van der Waals surface area contributed by atoms with Crippen LogP contribution in [-0.2, 0) is 6.18 Å². The van der Waals surface area contributed by atoms with Crippen LogP contribution in [0.1, 0.15) is 28.5 Å². The molecule has 1 heterocycles. The highest BCUT2D eigenvalue weighted by atomic mass is 19.4. The number of benzene rings is 2. The zero-order valence-corrected chi connectivity index (χ0v) is 18.2. The van der Waals surface area contributed by atoms with Crippen molar-refractivity contribution in [1.82, 2.24) is 4.98 Å². The van der Waals surface area contributed by atoms with Crippen LogP contribution < -0.4 is 15.4 Å². The van der Waals surface area contributed by atoms with Crippen LogP contribution >= 0.6 is 0 Å². The number of nitrogens with zero attached hydrogens (tertiary/aromatic N) is 3. The lowest BCUT2D eigenvalue weighted by atomic mass is 10.1. The van der Waals surface area contributed by atoms with E-state index in [0.29, 0.717) is 23.7 Å². The first-order valence-corrected chi connectivity index (χ1v) is 10.1. The molecule has 0 bridgehead atoms. The standard InChI is InChI=1S/C23H20F3N5O3/c1-3-28-31-21(32)20-13-18(10-11-27-20)34-17-8-6-15(7-9-17)29-22(33)30-16-5-4-14(2)19(12-16)23(24,25)26/h4-13H,3H2,1-2H3,(H2,29,30,33). The Morgan fingerprint density at radius 2 is 1.65 bits per heavy atom. The first-order valence-electron chi connectivity index (χ1n) is 10.1. The van der Waals surface area contributed by atoms with E-state index in [4.69, 9.17) is 4.74 Å². The molecule has 0 unspecified atom stereocenters. The number of rotatable bonds is 6. The average Bonchev–Trinajstić information content (AvgIpc) is 2.79. The number of amides is 3. The predicted molar refractivity (Wildman–Crippen MR) is 119 cm³/mol. The number of carbonyl (C=O) groups excluding carboxylic acids is 2. The van der Waals surface area contributed by atoms with Crippen molar-refractivity contribution in [2.24, 2.45) is 10.2 Å². The van der Waals surface area contributed by atoms with Crippen molar-refractivity contribution >= 4 is 23.3 Å². The SMILES string of the molecule is CCN=NC(=O)c1cc(Oc2ccc(NC(=O)Nc3ccc(C)c(C(F)(F)F)c3)cc2)ccn1. The molecule has 0 aliphatic heterocycles. The van der Waals surface area contributed by atoms with E-state index in [1.54, 1.807) is 37.3 Å². The van der Waals surface area contributed by atoms with Crippen molar-refractivity contribution in [1.29, 1.82) is 0 Å². The number of urea groups is 1. The van der Waals surface area contributed by atoms with E-state index in [-0.39, 0.29) is 16.9 Å². The summed E-state index contributed by atoms with van der Waals surface area (Å²) in [7, 11) is 0. The largest absolute Gasteiger partial charge is 0.457 e. The van der Waals surface area contributed by atoms with Gasteiger partial charge >= 0.3 is 18.1 Å². The third-order valence-corrected chi connectivity index (χ3v) is 4.40. The zero-order valence-electron chi connectivity index (χ0n) is 18.2. The number of azo groups is 1. The van der Waals surface area contributed by atoms with Crippen molar-refractivity contribution < 1.29 is 27.5 Å². The molecule has 0 fully saturated rings. The van der Waals surface area contributed by atoms with Gasteiger partial charge in [-0.3, -0.25) is 9.78 Å². The fraction of sp³-hybridized carbons (Fsp3) is 0.174. The van der Waals surface area contributed by atoms with Gasteiger partial charge in [0, 0.05) is 23.6 Å². The Bertz CT molecular complexity index is 1210. The molecule has 3 rings (SSSR count). The summed E-state index contributed by atoms with van der Waals surface area (Å²) < 4.78 is 44.8. The summed E-state index contributed by atoms with van der Waals surface area (Å²) >= 11 is 0. The molecule has 34 heavy (non-hydrogen) atoms. The Morgan fingerprint density at radius 3 is 2.32 bits per heavy atom. The van der Waals surface area contributed by atoms with E-state index < -0.39 is 23.7 Å². The van der Waals surface area contributed by atoms with Gasteiger partial charge in [0.1, 0.15) is 17.2 Å². The van der Waals surface area contributed by atoms with E-state index in [0.717, 1.165) is 6.07 Å². The molecule has 176 valence electrons. The first kappa shape index (κ1) is 24.4. The number of anilines is 2. The minimum Gasteiger partial charge on any atom is -0.457 e. The molecule has 3 amide bonds. The molecule has 0 radical (unpaired) electrons. The highest BCUT2D eigenvalue weighted by Gasteiger charge is 2.32. The second-order valence-electron chi connectivity index (χ2n) is 6.97. The molecule has 0 spiro atoms. The predicted octanol–water partition coefficient (Wildman–Crippen LogP) is 6.46. The minimum atomic E-state index is -4.52. The normalized spacial score (nSPS) is 11.3. The smallest absolute Gasteiger partial charge is 0.416 e. The van der Waals surface area contributed by atoms with Crippen LogP contribution in [0, 0.1) is 6.92 Å². The monoisotopic (exact) mass is 471 g/mol. The third-order valence-electron chi connectivity index (χ3n) is 4.40. The molecule has 8 nitrogen and oxygen atoms in total. The molecule has 0 aliphatic rings. The van der Waals surface area contributed by atoms with E-state index in [1.165, 1.54) is 31.3 Å². The van der Waals surface area contributed by atoms with Crippen LogP contribution in [0.3, 0.4) is 0 Å². The average molecular weight is 471 g/mol. The Kier molecular flexibility index (Phi) is 7.57. The molecular weight excluding hydrogens is 451 g/mol. The number of aryl methyl sites for hydroxylation is 1. The lowest BCUT2D eigenvalue weighted by Crippen LogP contribution is -2.20. The van der Waals surface area contributed by atoms with E-state index >= 15 is 0 Å². The van der Waals surface area contributed by atoms with E-state index in [2.05, 4.69) is 25.8 Å². The molecule has 11 heteroatoms. The van der Waals surface area contributed by atoms with Crippen molar-refractivity contribution in [3.05, 3.63) is 77.6 Å². The van der Waals surface area contributed by atoms with Crippen molar-refractivity contribution in [3.8, 4) is 11.5 Å². The second-order valence-corrected chi connectivity index (χ2v) is 6.97. The van der Waals surface area contributed by atoms with Crippen LogP contribution in [0.25, 0.3) is 0 Å². The highest BCUT2D eigenvalue weighted by molar-refractivity contribution is 5.99. The molecule has 3 aromatic rings. The number of hydrogen-bond donors (Lipinski definition) is 2. The zero-order chi connectivity index (χ0) is 24.7. The van der Waals surface area contributed by atoms with Gasteiger partial charge in [0.15, 0.2) is 0 Å². The number of pyridine rings is 1. The summed E-state index contributed by atoms with van der Waals surface area (Å²) in [6, 6.07) is 12.1. The van der Waals surface area contributed by atoms with Crippen molar-refractivity contribution in [2.45, 2.75) is 20.0 Å². The number of ether oxygens (including phenoxy) is 1. The van der Waals surface area contributed by atoms with Gasteiger partial charge in [-0.25, -0.2) is 4.79 Å². The lowest BCUT2D eigenvalue weighted by molar-refractivity contribution is -0.138. The Hall–Kier alpha value is -4.28. The summed E-state index contributed by atoms with van der Waals surface area (Å²) in [6.45, 7) is 3.47. The van der Waals surface area contributed by atoms with Gasteiger partial charge < -0.3 is 15.4 Å². The molecule has 0 saturated heterocycles. The molecule has 2 aromatic carbocycles. The Morgan fingerprint density at radius 1 is 0.971 bits per heavy atom. The minimum absolute atomic E-state index is 0.0110. The number of hydrogen-bond acceptors (Lipinski definition) is 5. The van der Waals surface area contributed by atoms with Gasteiger partial charge in [-0.15, -0.1) is 5.11 Å². The van der Waals surface area contributed by atoms with Crippen molar-refractivity contribution in [2.75, 3.05) is 17.2 Å². The van der Waals surface area contributed by atoms with Crippen LogP contribution in [-0.4, -0.2) is 23.5 Å². The Labute approximate surface area is 192 Å². The van der Waals surface area contributed by atoms with Crippen LogP contribution in [0.4, 0.5) is 29.3 Å². The first-order chi connectivity index (χ1) is 16.2. The summed E-state index contributed by atoms with van der Waals surface area (Å²) in [4.78, 5) is 28.0. The number of alkyl halides is 3. The second kappa shape index (κ2) is 10.6. The van der Waals surface area contributed by atoms with Gasteiger partial charge in [0.05, 0.1) is 12.1 Å². The van der Waals surface area contributed by atoms with E-state index in [1.807, 2.05) is 0 Å². The van der Waals surface area contributed by atoms with Gasteiger partial charge in [-0.05, 0) is 61.9 Å². The maximum Gasteiger partial charge on any atom is 0.416 e. The van der Waals surface area contributed by atoms with Crippen LogP contribution in [0.15, 0.2) is 71.0 Å². The summed E-state index contributed by atoms with van der Waals surface area (Å²) in [5.74, 6) is 0.177. The maximum atomic E-state index is 13.0. The number of nitrogens with one attached hydrogen (secondary N) is 2. The molecule has 0 saturated carbocycles. The topological polar surface area (TPSA) is 105 Å². The summed E-state index contributed by atoms with van der Waals surface area (Å²) in [5, 5.41) is 12.1. The number of aromatic nitrogens is 1. The van der Waals surface area contributed by atoms with Gasteiger partial charge in [0.25, 0.3) is 0 Å². The number of halogens is 3. The van der Waals surface area contributed by atoms with Crippen LogP contribution in [0.2, 0.25) is 0 Å². The summed E-state index contributed by atoms with van der Waals surface area (Å²) in [5.41, 5.74) is -0.281. The maximum absolute atomic E-state index is 13.0. The van der Waals surface area contributed by atoms with Gasteiger partial charge in [-0.2, -0.15) is 18.3 Å². The molecule has 2 N–H and O–H groups in total.